The Morgan fingerprint density at radius 1 is 1.15 bits per heavy atom. The molecule has 0 unspecified atom stereocenters. The van der Waals surface area contributed by atoms with Crippen LogP contribution in [0.15, 0.2) is 28.3 Å². The van der Waals surface area contributed by atoms with Gasteiger partial charge in [-0.2, -0.15) is 9.41 Å². The Bertz CT molecular complexity index is 997. The number of amides is 1. The van der Waals surface area contributed by atoms with Gasteiger partial charge in [-0.25, -0.2) is 17.2 Å². The van der Waals surface area contributed by atoms with Gasteiger partial charge >= 0.3 is 0 Å². The number of sulfonamides is 1. The summed E-state index contributed by atoms with van der Waals surface area (Å²) in [7, 11) is -2.41. The standard InChI is InChI=1S/C21H30F2N6O3S/c1-25-14-18(27-24)33(31,32)29-12-10-28(11-13-29)21(8-3-2-4-9-21)15-26-20(30)19-16(22)6-5-7-17(19)23/h5-7,14H,2-4,8-13,15,24H2,1H3,(H,26,30)/b25-14?,27-18-. The average molecular weight is 485 g/mol. The molecule has 0 radical (unpaired) electrons. The normalized spacial score (nSPS) is 20.8. The molecule has 9 nitrogen and oxygen atoms in total. The van der Waals surface area contributed by atoms with Crippen LogP contribution in [0.4, 0.5) is 8.78 Å². The summed E-state index contributed by atoms with van der Waals surface area (Å²) >= 11 is 0. The van der Waals surface area contributed by atoms with Crippen molar-refractivity contribution in [1.82, 2.24) is 14.5 Å². The average Bonchev–Trinajstić information content (AvgIpc) is 2.81. The summed E-state index contributed by atoms with van der Waals surface area (Å²) in [6.45, 7) is 1.59. The smallest absolute Gasteiger partial charge is 0.263 e. The predicted octanol–water partition coefficient (Wildman–Crippen LogP) is 1.32. The number of hydrazone groups is 1. The second-order valence-corrected chi connectivity index (χ2v) is 10.2. The van der Waals surface area contributed by atoms with Crippen molar-refractivity contribution in [2.24, 2.45) is 15.9 Å². The maximum Gasteiger partial charge on any atom is 0.263 e. The van der Waals surface area contributed by atoms with Crippen molar-refractivity contribution in [3.05, 3.63) is 35.4 Å². The van der Waals surface area contributed by atoms with Crippen LogP contribution < -0.4 is 11.2 Å². The maximum atomic E-state index is 14.0. The minimum Gasteiger partial charge on any atom is -0.350 e. The molecule has 1 saturated carbocycles. The summed E-state index contributed by atoms with van der Waals surface area (Å²) in [6, 6.07) is 3.32. The molecule has 1 aliphatic carbocycles. The Kier molecular flexibility index (Phi) is 8.14. The number of nitrogens with two attached hydrogens (primary N) is 1. The maximum absolute atomic E-state index is 14.0. The zero-order chi connectivity index (χ0) is 24.1. The number of nitrogens with zero attached hydrogens (tertiary/aromatic N) is 4. The monoisotopic (exact) mass is 484 g/mol. The van der Waals surface area contributed by atoms with Crippen molar-refractivity contribution in [2.45, 2.75) is 37.6 Å². The molecular weight excluding hydrogens is 454 g/mol. The van der Waals surface area contributed by atoms with E-state index in [0.29, 0.717) is 13.1 Å². The molecule has 3 rings (SSSR count). The van der Waals surface area contributed by atoms with Crippen LogP contribution in [0.3, 0.4) is 0 Å². The Hall–Kier alpha value is -2.44. The number of hydrogen-bond donors (Lipinski definition) is 2. The molecule has 1 heterocycles. The van der Waals surface area contributed by atoms with Crippen LogP contribution in [0.5, 0.6) is 0 Å². The summed E-state index contributed by atoms with van der Waals surface area (Å²) in [5, 5.41) is 5.78. The molecule has 1 amide bonds. The van der Waals surface area contributed by atoms with Gasteiger partial charge < -0.3 is 11.2 Å². The summed E-state index contributed by atoms with van der Waals surface area (Å²) in [5.41, 5.74) is -0.994. The third-order valence-corrected chi connectivity index (χ3v) is 8.22. The number of rotatable bonds is 6. The quantitative estimate of drug-likeness (QED) is 0.273. The molecular formula is C21H30F2N6O3S. The molecule has 1 saturated heterocycles. The lowest BCUT2D eigenvalue weighted by atomic mass is 9.79. The van der Waals surface area contributed by atoms with Crippen LogP contribution in [0.25, 0.3) is 0 Å². The first-order valence-corrected chi connectivity index (χ1v) is 12.4. The SMILES string of the molecule is CN=C/C(=N/N)S(=O)(=O)N1CCN(C2(CNC(=O)c3c(F)cccc3F)CCCCC2)CC1. The third-order valence-electron chi connectivity index (χ3n) is 6.43. The third kappa shape index (κ3) is 5.39. The van der Waals surface area contributed by atoms with Crippen LogP contribution in [0.1, 0.15) is 42.5 Å². The van der Waals surface area contributed by atoms with E-state index in [4.69, 9.17) is 5.84 Å². The van der Waals surface area contributed by atoms with E-state index in [-0.39, 0.29) is 24.7 Å². The van der Waals surface area contributed by atoms with E-state index in [1.54, 1.807) is 0 Å². The van der Waals surface area contributed by atoms with Crippen molar-refractivity contribution >= 4 is 27.2 Å². The van der Waals surface area contributed by atoms with E-state index < -0.39 is 38.7 Å². The summed E-state index contributed by atoms with van der Waals surface area (Å²) in [4.78, 5) is 18.5. The number of carbonyl (C=O) groups excluding carboxylic acids is 1. The molecule has 1 aromatic rings. The molecule has 1 aromatic carbocycles. The molecule has 12 heteroatoms. The molecule has 2 fully saturated rings. The molecule has 33 heavy (non-hydrogen) atoms. The van der Waals surface area contributed by atoms with Gasteiger partial charge in [0.25, 0.3) is 15.9 Å². The summed E-state index contributed by atoms with van der Waals surface area (Å²) < 4.78 is 54.9. The summed E-state index contributed by atoms with van der Waals surface area (Å²) in [5.74, 6) is 2.64. The fraction of sp³-hybridized carbons (Fsp3) is 0.571. The van der Waals surface area contributed by atoms with E-state index in [9.17, 15) is 22.0 Å². The highest BCUT2D eigenvalue weighted by molar-refractivity contribution is 8.06. The van der Waals surface area contributed by atoms with Gasteiger partial charge in [-0.3, -0.25) is 14.7 Å². The van der Waals surface area contributed by atoms with Crippen LogP contribution >= 0.6 is 0 Å². The zero-order valence-electron chi connectivity index (χ0n) is 18.6. The first kappa shape index (κ1) is 25.2. The second-order valence-electron chi connectivity index (χ2n) is 8.31. The van der Waals surface area contributed by atoms with Gasteiger partial charge in [0.2, 0.25) is 5.04 Å². The van der Waals surface area contributed by atoms with E-state index in [2.05, 4.69) is 20.3 Å². The number of piperazine rings is 1. The Morgan fingerprint density at radius 3 is 2.30 bits per heavy atom. The topological polar surface area (TPSA) is 120 Å². The second kappa shape index (κ2) is 10.7. The van der Waals surface area contributed by atoms with Crippen LogP contribution in [0.2, 0.25) is 0 Å². The molecule has 1 aliphatic heterocycles. The fourth-order valence-electron chi connectivity index (χ4n) is 4.67. The van der Waals surface area contributed by atoms with Crippen molar-refractivity contribution in [3.63, 3.8) is 0 Å². The zero-order valence-corrected chi connectivity index (χ0v) is 19.5. The minimum absolute atomic E-state index is 0.227. The molecule has 0 bridgehead atoms. The van der Waals surface area contributed by atoms with Crippen LogP contribution in [0, 0.1) is 11.6 Å². The molecule has 0 aromatic heterocycles. The number of carbonyl (C=O) groups is 1. The van der Waals surface area contributed by atoms with Gasteiger partial charge in [-0.15, -0.1) is 0 Å². The Balaban J connectivity index is 1.72. The lowest BCUT2D eigenvalue weighted by molar-refractivity contribution is 0.0242. The first-order chi connectivity index (χ1) is 15.7. The largest absolute Gasteiger partial charge is 0.350 e. The van der Waals surface area contributed by atoms with Crippen LogP contribution in [-0.2, 0) is 10.0 Å². The van der Waals surface area contributed by atoms with Gasteiger partial charge in [0.15, 0.2) is 0 Å². The van der Waals surface area contributed by atoms with Gasteiger partial charge in [0.05, 0.1) is 6.21 Å². The van der Waals surface area contributed by atoms with Gasteiger partial charge in [0, 0.05) is 45.3 Å². The number of hydrogen-bond acceptors (Lipinski definition) is 7. The predicted molar refractivity (Wildman–Crippen MR) is 123 cm³/mol. The molecule has 3 N–H and O–H groups in total. The van der Waals surface area contributed by atoms with E-state index in [1.165, 1.54) is 17.4 Å². The lowest BCUT2D eigenvalue weighted by Gasteiger charge is -2.49. The van der Waals surface area contributed by atoms with E-state index >= 15 is 0 Å². The molecule has 0 spiro atoms. The molecule has 0 atom stereocenters. The van der Waals surface area contributed by atoms with E-state index in [1.807, 2.05) is 0 Å². The molecule has 2 aliphatic rings. The fourth-order valence-corrected chi connectivity index (χ4v) is 5.96. The lowest BCUT2D eigenvalue weighted by Crippen LogP contribution is -2.62. The van der Waals surface area contributed by atoms with Crippen molar-refractivity contribution in [2.75, 3.05) is 39.8 Å². The van der Waals surface area contributed by atoms with Crippen molar-refractivity contribution in [3.8, 4) is 0 Å². The minimum atomic E-state index is -3.85. The number of aliphatic imine (C=N–C) groups is 1. The number of halogens is 2. The first-order valence-electron chi connectivity index (χ1n) is 10.9. The van der Waals surface area contributed by atoms with E-state index in [0.717, 1.165) is 50.5 Å². The highest BCUT2D eigenvalue weighted by Crippen LogP contribution is 2.34. The van der Waals surface area contributed by atoms with Gasteiger partial charge in [-0.05, 0) is 25.0 Å². The Labute approximate surface area is 192 Å². The van der Waals surface area contributed by atoms with Crippen molar-refractivity contribution < 1.29 is 22.0 Å². The van der Waals surface area contributed by atoms with Crippen LogP contribution in [-0.4, -0.2) is 80.1 Å². The number of nitrogens with one attached hydrogen (secondary N) is 1. The molecule has 182 valence electrons. The van der Waals surface area contributed by atoms with Crippen molar-refractivity contribution in [1.29, 1.82) is 0 Å². The van der Waals surface area contributed by atoms with Gasteiger partial charge in [0.1, 0.15) is 17.2 Å². The highest BCUT2D eigenvalue weighted by atomic mass is 32.2. The van der Waals surface area contributed by atoms with Gasteiger partial charge in [-0.1, -0.05) is 25.3 Å². The summed E-state index contributed by atoms with van der Waals surface area (Å²) in [6.07, 6.45) is 5.70. The number of benzene rings is 1. The highest BCUT2D eigenvalue weighted by Gasteiger charge is 2.41. The Morgan fingerprint density at radius 2 is 1.76 bits per heavy atom.